The van der Waals surface area contributed by atoms with E-state index in [0.717, 1.165) is 11.3 Å². The van der Waals surface area contributed by atoms with Gasteiger partial charge in [-0.3, -0.25) is 4.79 Å². The molecule has 1 aliphatic rings. The number of carbonyl (C=O) groups excluding carboxylic acids is 1. The van der Waals surface area contributed by atoms with Crippen LogP contribution in [0.25, 0.3) is 11.3 Å². The lowest BCUT2D eigenvalue weighted by Crippen LogP contribution is -2.53. The van der Waals surface area contributed by atoms with Crippen molar-refractivity contribution in [3.63, 3.8) is 0 Å². The van der Waals surface area contributed by atoms with Gasteiger partial charge in [-0.25, -0.2) is 18.2 Å². The summed E-state index contributed by atoms with van der Waals surface area (Å²) in [7, 11) is 0. The van der Waals surface area contributed by atoms with E-state index < -0.39 is 17.2 Å². The fraction of sp³-hybridized carbons (Fsp3) is 0.407. The number of aromatic nitrogens is 2. The summed E-state index contributed by atoms with van der Waals surface area (Å²) in [5, 5.41) is 0. The molecular weight excluding hydrogens is 453 g/mol. The van der Waals surface area contributed by atoms with Crippen molar-refractivity contribution in [2.45, 2.75) is 59.5 Å². The van der Waals surface area contributed by atoms with Crippen LogP contribution in [0.3, 0.4) is 0 Å². The molecular formula is C27H33F3N4O. The predicted octanol–water partition coefficient (Wildman–Crippen LogP) is 5.43. The van der Waals surface area contributed by atoms with Crippen molar-refractivity contribution in [3.8, 4) is 11.3 Å². The molecule has 0 radical (unpaired) electrons. The number of aryl methyl sites for hydroxylation is 2. The van der Waals surface area contributed by atoms with Crippen LogP contribution < -0.4 is 5.73 Å². The van der Waals surface area contributed by atoms with Gasteiger partial charge in [0.1, 0.15) is 23.3 Å². The summed E-state index contributed by atoms with van der Waals surface area (Å²) < 4.78 is 43.0. The van der Waals surface area contributed by atoms with E-state index in [9.17, 15) is 18.0 Å². The Hall–Kier alpha value is -3.13. The Morgan fingerprint density at radius 3 is 2.23 bits per heavy atom. The molecule has 0 spiro atoms. The number of halogens is 3. The molecule has 8 heteroatoms. The molecule has 35 heavy (non-hydrogen) atoms. The molecule has 0 unspecified atom stereocenters. The SMILES string of the molecule is Cc1cc(F)c(-c2nc3n(c2C(C)C)CCN(C(=O)CN)C3(C)C)cc1F.Cc1ccc(F)cc1. The number of nitrogens with two attached hydrogens (primary N) is 1. The van der Waals surface area contributed by atoms with Crippen LogP contribution >= 0.6 is 0 Å². The monoisotopic (exact) mass is 486 g/mol. The number of carbonyl (C=O) groups is 1. The highest BCUT2D eigenvalue weighted by molar-refractivity contribution is 5.79. The first-order valence-corrected chi connectivity index (χ1v) is 11.7. The van der Waals surface area contributed by atoms with E-state index in [0.29, 0.717) is 24.6 Å². The predicted molar refractivity (Wildman–Crippen MR) is 131 cm³/mol. The zero-order valence-corrected chi connectivity index (χ0v) is 21.1. The van der Waals surface area contributed by atoms with Crippen molar-refractivity contribution >= 4 is 5.91 Å². The van der Waals surface area contributed by atoms with Crippen LogP contribution in [0, 0.1) is 31.3 Å². The highest BCUT2D eigenvalue weighted by Crippen LogP contribution is 2.39. The molecule has 0 bridgehead atoms. The Morgan fingerprint density at radius 1 is 1.06 bits per heavy atom. The van der Waals surface area contributed by atoms with Crippen molar-refractivity contribution in [2.75, 3.05) is 13.1 Å². The molecule has 2 N–H and O–H groups in total. The summed E-state index contributed by atoms with van der Waals surface area (Å²) >= 11 is 0. The molecule has 3 aromatic rings. The van der Waals surface area contributed by atoms with E-state index in [-0.39, 0.29) is 35.3 Å². The van der Waals surface area contributed by atoms with Gasteiger partial charge in [-0.1, -0.05) is 31.5 Å². The molecule has 4 rings (SSSR count). The fourth-order valence-corrected chi connectivity index (χ4v) is 4.45. The number of imidazole rings is 1. The van der Waals surface area contributed by atoms with Crippen LogP contribution in [-0.2, 0) is 16.9 Å². The van der Waals surface area contributed by atoms with Gasteiger partial charge in [-0.15, -0.1) is 0 Å². The maximum absolute atomic E-state index is 14.7. The molecule has 0 fully saturated rings. The second-order valence-electron chi connectivity index (χ2n) is 9.66. The van der Waals surface area contributed by atoms with Gasteiger partial charge in [0.25, 0.3) is 0 Å². The summed E-state index contributed by atoms with van der Waals surface area (Å²) in [6.07, 6.45) is 0. The van der Waals surface area contributed by atoms with E-state index in [1.54, 1.807) is 17.0 Å². The Bertz CT molecular complexity index is 1200. The van der Waals surface area contributed by atoms with Crippen LogP contribution in [0.1, 0.15) is 56.3 Å². The van der Waals surface area contributed by atoms with Crippen LogP contribution in [0.15, 0.2) is 36.4 Å². The number of amides is 1. The van der Waals surface area contributed by atoms with Gasteiger partial charge in [0.15, 0.2) is 0 Å². The maximum Gasteiger partial charge on any atom is 0.237 e. The van der Waals surface area contributed by atoms with Gasteiger partial charge >= 0.3 is 0 Å². The van der Waals surface area contributed by atoms with E-state index in [1.165, 1.54) is 31.2 Å². The molecule has 0 saturated carbocycles. The zero-order chi connectivity index (χ0) is 26.1. The first kappa shape index (κ1) is 26.5. The first-order valence-electron chi connectivity index (χ1n) is 11.7. The summed E-state index contributed by atoms with van der Waals surface area (Å²) in [5.41, 5.74) is 7.64. The number of fused-ring (bicyclic) bond motifs is 1. The molecule has 0 aliphatic carbocycles. The lowest BCUT2D eigenvalue weighted by molar-refractivity contribution is -0.137. The fourth-order valence-electron chi connectivity index (χ4n) is 4.45. The Labute approximate surface area is 204 Å². The Kier molecular flexibility index (Phi) is 7.74. The number of hydrogen-bond donors (Lipinski definition) is 1. The summed E-state index contributed by atoms with van der Waals surface area (Å²) in [5.74, 6) is -0.581. The minimum absolute atomic E-state index is 0.0533. The van der Waals surface area contributed by atoms with Crippen LogP contribution in [0.2, 0.25) is 0 Å². The number of rotatable bonds is 3. The zero-order valence-electron chi connectivity index (χ0n) is 21.1. The van der Waals surface area contributed by atoms with E-state index in [4.69, 9.17) is 10.7 Å². The van der Waals surface area contributed by atoms with Crippen molar-refractivity contribution in [1.82, 2.24) is 14.5 Å². The van der Waals surface area contributed by atoms with Crippen molar-refractivity contribution < 1.29 is 18.0 Å². The van der Waals surface area contributed by atoms with Crippen molar-refractivity contribution in [3.05, 3.63) is 76.5 Å². The molecule has 2 heterocycles. The van der Waals surface area contributed by atoms with Crippen LogP contribution in [0.5, 0.6) is 0 Å². The van der Waals surface area contributed by atoms with Gasteiger partial charge in [0.05, 0.1) is 17.8 Å². The first-order chi connectivity index (χ1) is 16.4. The highest BCUT2D eigenvalue weighted by Gasteiger charge is 2.41. The second-order valence-corrected chi connectivity index (χ2v) is 9.66. The molecule has 1 aliphatic heterocycles. The molecule has 1 aromatic heterocycles. The van der Waals surface area contributed by atoms with Gasteiger partial charge in [0.2, 0.25) is 5.91 Å². The van der Waals surface area contributed by atoms with Gasteiger partial charge in [-0.2, -0.15) is 0 Å². The number of benzene rings is 2. The second kappa shape index (κ2) is 10.2. The molecule has 188 valence electrons. The van der Waals surface area contributed by atoms with Gasteiger partial charge in [-0.05, 0) is 63.4 Å². The third kappa shape index (κ3) is 5.27. The van der Waals surface area contributed by atoms with E-state index in [1.807, 2.05) is 39.2 Å². The number of nitrogens with zero attached hydrogens (tertiary/aromatic N) is 3. The molecule has 0 atom stereocenters. The molecule has 0 saturated heterocycles. The standard InChI is InChI=1S/C20H26F2N4O.C7H7F/c1-11(2)18-17(13-9-14(21)12(3)8-15(13)22)24-19-20(4,5)26(16(27)10-23)7-6-25(18)19;1-6-2-4-7(8)5-3-6/h8-9,11H,6-7,10,23H2,1-5H3;2-5H,1H3. The largest absolute Gasteiger partial charge is 0.327 e. The molecule has 1 amide bonds. The summed E-state index contributed by atoms with van der Waals surface area (Å²) in [6.45, 7) is 12.2. The average Bonchev–Trinajstić information content (AvgIpc) is 3.19. The van der Waals surface area contributed by atoms with Crippen molar-refractivity contribution in [2.24, 2.45) is 5.73 Å². The molecule has 5 nitrogen and oxygen atoms in total. The minimum atomic E-state index is -0.698. The quantitative estimate of drug-likeness (QED) is 0.537. The Balaban J connectivity index is 0.000000363. The van der Waals surface area contributed by atoms with E-state index >= 15 is 0 Å². The van der Waals surface area contributed by atoms with Crippen LogP contribution in [-0.4, -0.2) is 33.4 Å². The Morgan fingerprint density at radius 2 is 1.69 bits per heavy atom. The van der Waals surface area contributed by atoms with Gasteiger partial charge in [0, 0.05) is 24.3 Å². The van der Waals surface area contributed by atoms with Crippen LogP contribution in [0.4, 0.5) is 13.2 Å². The van der Waals surface area contributed by atoms with E-state index in [2.05, 4.69) is 0 Å². The summed E-state index contributed by atoms with van der Waals surface area (Å²) in [6, 6.07) is 8.80. The minimum Gasteiger partial charge on any atom is -0.327 e. The maximum atomic E-state index is 14.7. The third-order valence-electron chi connectivity index (χ3n) is 6.31. The lowest BCUT2D eigenvalue weighted by atomic mass is 9.98. The lowest BCUT2D eigenvalue weighted by Gasteiger charge is -2.42. The normalized spacial score (nSPS) is 14.4. The topological polar surface area (TPSA) is 64.2 Å². The highest BCUT2D eigenvalue weighted by atomic mass is 19.1. The van der Waals surface area contributed by atoms with Gasteiger partial charge < -0.3 is 15.2 Å². The average molecular weight is 487 g/mol. The smallest absolute Gasteiger partial charge is 0.237 e. The molecule has 2 aromatic carbocycles. The number of hydrogen-bond acceptors (Lipinski definition) is 3. The third-order valence-corrected chi connectivity index (χ3v) is 6.31. The summed E-state index contributed by atoms with van der Waals surface area (Å²) in [4.78, 5) is 18.7. The van der Waals surface area contributed by atoms with Crippen molar-refractivity contribution in [1.29, 1.82) is 0 Å².